The average Bonchev–Trinajstić information content (AvgIpc) is 3.24. The molecule has 17 heavy (non-hydrogen) atoms. The van der Waals surface area contributed by atoms with Gasteiger partial charge in [-0.1, -0.05) is 0 Å². The smallest absolute Gasteiger partial charge is 0.122 e. The largest absolute Gasteiger partial charge is 0.493 e. The molecule has 0 bridgehead atoms. The Labute approximate surface area is 102 Å². The molecule has 1 N–H and O–H groups in total. The Morgan fingerprint density at radius 3 is 2.59 bits per heavy atom. The van der Waals surface area contributed by atoms with Crippen LogP contribution in [0.5, 0.6) is 5.75 Å². The minimum Gasteiger partial charge on any atom is -0.493 e. The number of benzene rings is 1. The second-order valence-corrected chi connectivity index (χ2v) is 5.77. The van der Waals surface area contributed by atoms with Gasteiger partial charge >= 0.3 is 0 Å². The summed E-state index contributed by atoms with van der Waals surface area (Å²) in [4.78, 5) is 0. The minimum atomic E-state index is 0.746. The summed E-state index contributed by atoms with van der Waals surface area (Å²) in [6.45, 7) is 0.855. The fraction of sp³-hybridized carbons (Fsp3) is 0.600. The molecule has 2 aliphatic carbocycles. The van der Waals surface area contributed by atoms with Crippen molar-refractivity contribution < 1.29 is 4.74 Å². The highest BCUT2D eigenvalue weighted by molar-refractivity contribution is 5.53. The molecule has 0 spiro atoms. The number of anilines is 1. The molecule has 1 aromatic rings. The highest BCUT2D eigenvalue weighted by Gasteiger charge is 2.41. The molecule has 0 radical (unpaired) electrons. The van der Waals surface area contributed by atoms with Crippen molar-refractivity contribution >= 4 is 5.69 Å². The topological polar surface area (TPSA) is 21.3 Å². The zero-order valence-electron chi connectivity index (χ0n) is 10.1. The summed E-state index contributed by atoms with van der Waals surface area (Å²) in [5, 5.41) is 3.78. The van der Waals surface area contributed by atoms with E-state index in [9.17, 15) is 0 Å². The number of fused-ring (bicyclic) bond motifs is 1. The van der Waals surface area contributed by atoms with Crippen molar-refractivity contribution in [1.29, 1.82) is 0 Å². The molecule has 2 nitrogen and oxygen atoms in total. The third-order valence-corrected chi connectivity index (χ3v) is 4.28. The molecule has 0 saturated heterocycles. The highest BCUT2D eigenvalue weighted by atomic mass is 16.5. The minimum absolute atomic E-state index is 0.746. The van der Waals surface area contributed by atoms with Crippen molar-refractivity contribution in [3.8, 4) is 5.75 Å². The summed E-state index contributed by atoms with van der Waals surface area (Å²) >= 11 is 0. The summed E-state index contributed by atoms with van der Waals surface area (Å²) in [7, 11) is 0. The van der Waals surface area contributed by atoms with Crippen molar-refractivity contribution in [2.24, 2.45) is 11.8 Å². The molecule has 1 aromatic carbocycles. The van der Waals surface area contributed by atoms with Crippen LogP contribution in [-0.2, 0) is 6.42 Å². The summed E-state index contributed by atoms with van der Waals surface area (Å²) in [5.74, 6) is 2.99. The quantitative estimate of drug-likeness (QED) is 0.856. The van der Waals surface area contributed by atoms with Crippen LogP contribution in [0.1, 0.15) is 31.2 Å². The third-order valence-electron chi connectivity index (χ3n) is 4.28. The van der Waals surface area contributed by atoms with Crippen LogP contribution in [-0.4, -0.2) is 12.6 Å². The molecule has 0 aromatic heterocycles. The Morgan fingerprint density at radius 1 is 1.12 bits per heavy atom. The van der Waals surface area contributed by atoms with Gasteiger partial charge in [-0.2, -0.15) is 0 Å². The lowest BCUT2D eigenvalue weighted by Crippen LogP contribution is -2.24. The van der Waals surface area contributed by atoms with Gasteiger partial charge in [0.15, 0.2) is 0 Å². The molecule has 0 atom stereocenters. The van der Waals surface area contributed by atoms with Crippen molar-refractivity contribution in [1.82, 2.24) is 0 Å². The number of nitrogens with one attached hydrogen (secondary N) is 1. The number of hydrogen-bond donors (Lipinski definition) is 1. The van der Waals surface area contributed by atoms with Crippen LogP contribution in [0, 0.1) is 11.8 Å². The zero-order chi connectivity index (χ0) is 11.2. The Morgan fingerprint density at radius 2 is 1.88 bits per heavy atom. The van der Waals surface area contributed by atoms with E-state index in [1.807, 2.05) is 0 Å². The fourth-order valence-corrected chi connectivity index (χ4v) is 3.00. The third kappa shape index (κ3) is 1.90. The lowest BCUT2D eigenvalue weighted by molar-refractivity contribution is 0.357. The van der Waals surface area contributed by atoms with Crippen molar-refractivity contribution in [3.63, 3.8) is 0 Å². The predicted molar refractivity (Wildman–Crippen MR) is 68.5 cm³/mol. The first-order valence-corrected chi connectivity index (χ1v) is 6.92. The van der Waals surface area contributed by atoms with E-state index < -0.39 is 0 Å². The average molecular weight is 229 g/mol. The molecule has 0 amide bonds. The van der Waals surface area contributed by atoms with Gasteiger partial charge in [-0.3, -0.25) is 0 Å². The second-order valence-electron chi connectivity index (χ2n) is 5.77. The van der Waals surface area contributed by atoms with E-state index in [0.717, 1.165) is 36.7 Å². The van der Waals surface area contributed by atoms with Crippen molar-refractivity contribution in [2.45, 2.75) is 38.1 Å². The van der Waals surface area contributed by atoms with Crippen LogP contribution in [0.2, 0.25) is 0 Å². The van der Waals surface area contributed by atoms with Crippen LogP contribution in [0.4, 0.5) is 5.69 Å². The molecule has 2 fully saturated rings. The zero-order valence-corrected chi connectivity index (χ0v) is 10.1. The maximum absolute atomic E-state index is 5.55. The van der Waals surface area contributed by atoms with Gasteiger partial charge in [0.2, 0.25) is 0 Å². The Hall–Kier alpha value is -1.18. The normalized spacial score (nSPS) is 22.4. The summed E-state index contributed by atoms with van der Waals surface area (Å²) in [5.41, 5.74) is 2.68. The van der Waals surface area contributed by atoms with E-state index in [4.69, 9.17) is 4.74 Å². The fourth-order valence-electron chi connectivity index (χ4n) is 3.00. The number of ether oxygens (including phenoxy) is 1. The van der Waals surface area contributed by atoms with Gasteiger partial charge in [0, 0.05) is 18.2 Å². The van der Waals surface area contributed by atoms with Crippen LogP contribution in [0.3, 0.4) is 0 Å². The first-order chi connectivity index (χ1) is 8.40. The van der Waals surface area contributed by atoms with Gasteiger partial charge in [-0.25, -0.2) is 0 Å². The van der Waals surface area contributed by atoms with Gasteiger partial charge in [-0.05, 0) is 61.3 Å². The van der Waals surface area contributed by atoms with E-state index in [0.29, 0.717) is 0 Å². The Bertz CT molecular complexity index is 423. The van der Waals surface area contributed by atoms with Gasteiger partial charge < -0.3 is 10.1 Å². The predicted octanol–water partition coefficient (Wildman–Crippen LogP) is 3.22. The molecule has 2 saturated carbocycles. The van der Waals surface area contributed by atoms with E-state index in [1.54, 1.807) is 0 Å². The van der Waals surface area contributed by atoms with Gasteiger partial charge in [0.05, 0.1) is 6.61 Å². The van der Waals surface area contributed by atoms with E-state index >= 15 is 0 Å². The van der Waals surface area contributed by atoms with Crippen LogP contribution < -0.4 is 10.1 Å². The van der Waals surface area contributed by atoms with Gasteiger partial charge in [0.1, 0.15) is 5.75 Å². The van der Waals surface area contributed by atoms with E-state index in [-0.39, 0.29) is 0 Å². The lowest BCUT2D eigenvalue weighted by atomic mass is 10.1. The molecular formula is C15H19NO. The first-order valence-electron chi connectivity index (χ1n) is 6.92. The van der Waals surface area contributed by atoms with Crippen molar-refractivity contribution in [3.05, 3.63) is 23.8 Å². The molecule has 2 heteroatoms. The molecule has 3 aliphatic rings. The maximum Gasteiger partial charge on any atom is 0.122 e. The Kier molecular flexibility index (Phi) is 2.11. The molecular weight excluding hydrogens is 210 g/mol. The molecule has 4 rings (SSSR count). The van der Waals surface area contributed by atoms with Gasteiger partial charge in [0.25, 0.3) is 0 Å². The number of rotatable bonds is 4. The molecule has 1 aliphatic heterocycles. The van der Waals surface area contributed by atoms with Crippen LogP contribution >= 0.6 is 0 Å². The maximum atomic E-state index is 5.55. The van der Waals surface area contributed by atoms with E-state index in [2.05, 4.69) is 23.5 Å². The highest BCUT2D eigenvalue weighted by Crippen LogP contribution is 2.46. The number of hydrogen-bond acceptors (Lipinski definition) is 2. The van der Waals surface area contributed by atoms with E-state index in [1.165, 1.54) is 36.9 Å². The standard InChI is InChI=1S/C15H19NO/c1-2-10(1)15(11-3-4-11)16-13-5-6-14-12(9-13)7-8-17-14/h5-6,9-11,15-16H,1-4,7-8H2. The summed E-state index contributed by atoms with van der Waals surface area (Å²) in [6.07, 6.45) is 6.80. The lowest BCUT2D eigenvalue weighted by Gasteiger charge is -2.19. The van der Waals surface area contributed by atoms with Crippen LogP contribution in [0.15, 0.2) is 18.2 Å². The van der Waals surface area contributed by atoms with Crippen molar-refractivity contribution in [2.75, 3.05) is 11.9 Å². The van der Waals surface area contributed by atoms with Gasteiger partial charge in [-0.15, -0.1) is 0 Å². The SMILES string of the molecule is c1cc2c(cc1NC(C1CC1)C1CC1)CCO2. The molecule has 90 valence electrons. The first kappa shape index (κ1) is 9.81. The summed E-state index contributed by atoms with van der Waals surface area (Å²) < 4.78 is 5.55. The molecule has 0 unspecified atom stereocenters. The second kappa shape index (κ2) is 3.66. The Balaban J connectivity index is 1.53. The summed E-state index contributed by atoms with van der Waals surface area (Å²) in [6, 6.07) is 7.35. The monoisotopic (exact) mass is 229 g/mol. The van der Waals surface area contributed by atoms with Crippen LogP contribution in [0.25, 0.3) is 0 Å². The molecule has 1 heterocycles.